The topological polar surface area (TPSA) is 68.2 Å². The number of hydrogen-bond donors (Lipinski definition) is 2. The molecule has 5 heteroatoms. The van der Waals surface area contributed by atoms with Crippen molar-refractivity contribution >= 4 is 0 Å². The monoisotopic (exact) mass is 396 g/mol. The number of hydrogen-bond acceptors (Lipinski definition) is 5. The molecule has 0 aromatic rings. The molecule has 2 aliphatic carbocycles. The summed E-state index contributed by atoms with van der Waals surface area (Å²) < 4.78 is 19.6. The number of aliphatic hydroxyl groups is 2. The minimum atomic E-state index is -0.736. The van der Waals surface area contributed by atoms with E-state index >= 15 is 0 Å². The highest BCUT2D eigenvalue weighted by atomic mass is 16.7. The molecule has 4 aliphatic rings. The quantitative estimate of drug-likeness (QED) is 0.764. The molecule has 0 bridgehead atoms. The van der Waals surface area contributed by atoms with Gasteiger partial charge in [-0.15, -0.1) is 0 Å². The van der Waals surface area contributed by atoms with Crippen LogP contribution in [0, 0.1) is 47.3 Å². The van der Waals surface area contributed by atoms with E-state index in [9.17, 15) is 10.2 Å². The predicted molar refractivity (Wildman–Crippen MR) is 106 cm³/mol. The van der Waals surface area contributed by atoms with Gasteiger partial charge in [-0.3, -0.25) is 0 Å². The van der Waals surface area contributed by atoms with E-state index in [0.29, 0.717) is 24.4 Å². The average Bonchev–Trinajstić information content (AvgIpc) is 3.25. The van der Waals surface area contributed by atoms with Crippen LogP contribution in [0.2, 0.25) is 0 Å². The fraction of sp³-hybridized carbons (Fsp3) is 1.00. The van der Waals surface area contributed by atoms with Crippen molar-refractivity contribution in [3.8, 4) is 0 Å². The molecular formula is C23H40O5. The summed E-state index contributed by atoms with van der Waals surface area (Å²) in [6.45, 7) is 17.7. The first-order valence-corrected chi connectivity index (χ1v) is 11.4. The standard InChI is InChI=1S/C23H40O5/c1-10(2)22(11(3)4)17-15-16(17)21(27-22)19(25)20-14(18(15)24)9-26-23(28-20,12(5)6)13(7)8/h10-21,24-25H,9H2,1-8H3/t14?,15?,16?,17-,18+,19+,20-,21+/m0/s1. The molecule has 8 atom stereocenters. The molecule has 3 unspecified atom stereocenters. The van der Waals surface area contributed by atoms with E-state index in [2.05, 4.69) is 55.4 Å². The van der Waals surface area contributed by atoms with E-state index in [1.165, 1.54) is 0 Å². The second-order valence-electron chi connectivity index (χ2n) is 11.0. The Morgan fingerprint density at radius 3 is 1.79 bits per heavy atom. The summed E-state index contributed by atoms with van der Waals surface area (Å²) in [5, 5.41) is 22.8. The van der Waals surface area contributed by atoms with Gasteiger partial charge in [0.25, 0.3) is 0 Å². The van der Waals surface area contributed by atoms with E-state index in [1.54, 1.807) is 0 Å². The van der Waals surface area contributed by atoms with Gasteiger partial charge in [-0.2, -0.15) is 0 Å². The number of rotatable bonds is 4. The molecule has 0 radical (unpaired) electrons. The molecule has 2 saturated carbocycles. The van der Waals surface area contributed by atoms with Crippen molar-refractivity contribution in [3.05, 3.63) is 0 Å². The number of fused-ring (bicyclic) bond motifs is 2. The second-order valence-corrected chi connectivity index (χ2v) is 11.0. The summed E-state index contributed by atoms with van der Waals surface area (Å²) in [5.41, 5.74) is -0.288. The Labute approximate surface area is 170 Å². The van der Waals surface area contributed by atoms with Crippen LogP contribution in [-0.4, -0.2) is 52.6 Å². The Morgan fingerprint density at radius 2 is 1.29 bits per heavy atom. The van der Waals surface area contributed by atoms with Gasteiger partial charge in [0.05, 0.1) is 30.5 Å². The second kappa shape index (κ2) is 6.65. The van der Waals surface area contributed by atoms with Gasteiger partial charge in [0.2, 0.25) is 0 Å². The largest absolute Gasteiger partial charge is 0.392 e. The molecule has 2 heterocycles. The van der Waals surface area contributed by atoms with Gasteiger partial charge in [-0.1, -0.05) is 55.4 Å². The molecule has 2 aliphatic heterocycles. The number of ether oxygens (including phenoxy) is 3. The zero-order chi connectivity index (χ0) is 20.8. The first-order chi connectivity index (χ1) is 13.0. The maximum atomic E-state index is 11.5. The van der Waals surface area contributed by atoms with Gasteiger partial charge in [0.15, 0.2) is 5.79 Å². The molecule has 4 fully saturated rings. The molecule has 28 heavy (non-hydrogen) atoms. The number of aliphatic hydroxyl groups excluding tert-OH is 2. The van der Waals surface area contributed by atoms with Gasteiger partial charge < -0.3 is 24.4 Å². The van der Waals surface area contributed by atoms with Crippen LogP contribution < -0.4 is 0 Å². The van der Waals surface area contributed by atoms with E-state index in [0.717, 1.165) is 0 Å². The molecule has 4 rings (SSSR count). The minimum Gasteiger partial charge on any atom is -0.392 e. The van der Waals surface area contributed by atoms with E-state index < -0.39 is 24.1 Å². The van der Waals surface area contributed by atoms with Crippen LogP contribution in [0.3, 0.4) is 0 Å². The Kier molecular flexibility index (Phi) is 5.00. The van der Waals surface area contributed by atoms with Crippen molar-refractivity contribution in [2.75, 3.05) is 6.61 Å². The van der Waals surface area contributed by atoms with Crippen LogP contribution in [0.25, 0.3) is 0 Å². The molecule has 0 spiro atoms. The van der Waals surface area contributed by atoms with Crippen LogP contribution in [-0.2, 0) is 14.2 Å². The predicted octanol–water partition coefficient (Wildman–Crippen LogP) is 3.07. The summed E-state index contributed by atoms with van der Waals surface area (Å²) >= 11 is 0. The minimum absolute atomic E-state index is 0.151. The summed E-state index contributed by atoms with van der Waals surface area (Å²) in [4.78, 5) is 0. The van der Waals surface area contributed by atoms with Crippen molar-refractivity contribution in [2.24, 2.45) is 47.3 Å². The van der Waals surface area contributed by atoms with Gasteiger partial charge >= 0.3 is 0 Å². The fourth-order valence-corrected chi connectivity index (χ4v) is 7.24. The lowest BCUT2D eigenvalue weighted by atomic mass is 9.74. The Hall–Kier alpha value is -0.200. The van der Waals surface area contributed by atoms with Gasteiger partial charge in [0, 0.05) is 17.8 Å². The Morgan fingerprint density at radius 1 is 0.714 bits per heavy atom. The van der Waals surface area contributed by atoms with Gasteiger partial charge in [-0.05, 0) is 29.6 Å². The molecule has 5 nitrogen and oxygen atoms in total. The highest BCUT2D eigenvalue weighted by Gasteiger charge is 2.78. The summed E-state index contributed by atoms with van der Waals surface area (Å²) in [6.07, 6.45) is -1.97. The van der Waals surface area contributed by atoms with Crippen molar-refractivity contribution in [3.63, 3.8) is 0 Å². The maximum absolute atomic E-state index is 11.5. The Balaban J connectivity index is 1.70. The summed E-state index contributed by atoms with van der Waals surface area (Å²) in [7, 11) is 0. The molecule has 2 saturated heterocycles. The molecular weight excluding hydrogens is 356 g/mol. The molecule has 162 valence electrons. The van der Waals surface area contributed by atoms with Crippen molar-refractivity contribution < 1.29 is 24.4 Å². The molecule has 0 amide bonds. The van der Waals surface area contributed by atoms with Gasteiger partial charge in [0.1, 0.15) is 6.10 Å². The fourth-order valence-electron chi connectivity index (χ4n) is 7.24. The lowest BCUT2D eigenvalue weighted by molar-refractivity contribution is -0.368. The third-order valence-electron chi connectivity index (χ3n) is 8.54. The van der Waals surface area contributed by atoms with Crippen LogP contribution in [0.5, 0.6) is 0 Å². The first-order valence-electron chi connectivity index (χ1n) is 11.4. The molecule has 2 N–H and O–H groups in total. The average molecular weight is 397 g/mol. The zero-order valence-corrected chi connectivity index (χ0v) is 18.8. The van der Waals surface area contributed by atoms with Crippen molar-refractivity contribution in [1.29, 1.82) is 0 Å². The SMILES string of the molecule is CC(C)C1(C(C)C)OCC2[C@@H](O)C3C4[C@H]3C(C(C)C)(C(C)C)O[C@H]4[C@H](O)[C@H]2O1. The van der Waals surface area contributed by atoms with E-state index in [4.69, 9.17) is 14.2 Å². The smallest absolute Gasteiger partial charge is 0.173 e. The van der Waals surface area contributed by atoms with Crippen molar-refractivity contribution in [2.45, 2.75) is 91.2 Å². The van der Waals surface area contributed by atoms with Crippen LogP contribution in [0.4, 0.5) is 0 Å². The highest BCUT2D eigenvalue weighted by Crippen LogP contribution is 2.70. The van der Waals surface area contributed by atoms with Crippen LogP contribution >= 0.6 is 0 Å². The zero-order valence-electron chi connectivity index (χ0n) is 18.8. The molecule has 0 aromatic carbocycles. The maximum Gasteiger partial charge on any atom is 0.173 e. The van der Waals surface area contributed by atoms with Crippen LogP contribution in [0.15, 0.2) is 0 Å². The summed E-state index contributed by atoms with van der Waals surface area (Å²) in [5.74, 6) is 0.724. The van der Waals surface area contributed by atoms with Crippen LogP contribution in [0.1, 0.15) is 55.4 Å². The third-order valence-corrected chi connectivity index (χ3v) is 8.54. The van der Waals surface area contributed by atoms with Crippen molar-refractivity contribution in [1.82, 2.24) is 0 Å². The highest BCUT2D eigenvalue weighted by molar-refractivity contribution is 5.24. The lowest BCUT2D eigenvalue weighted by Crippen LogP contribution is -2.61. The lowest BCUT2D eigenvalue weighted by Gasteiger charge is -2.51. The first kappa shape index (κ1) is 21.0. The van der Waals surface area contributed by atoms with Gasteiger partial charge in [-0.25, -0.2) is 0 Å². The Bertz CT molecular complexity index is 584. The third kappa shape index (κ3) is 2.49. The summed E-state index contributed by atoms with van der Waals surface area (Å²) in [6, 6.07) is 0. The van der Waals surface area contributed by atoms with E-state index in [1.807, 2.05) is 0 Å². The normalized spacial score (nSPS) is 46.1. The van der Waals surface area contributed by atoms with E-state index in [-0.39, 0.29) is 41.3 Å². The molecule has 0 aromatic heterocycles.